The van der Waals surface area contributed by atoms with Crippen molar-refractivity contribution >= 4 is 33.1 Å². The zero-order chi connectivity index (χ0) is 20.2. The van der Waals surface area contributed by atoms with E-state index < -0.39 is 0 Å². The van der Waals surface area contributed by atoms with Crippen molar-refractivity contribution in [1.29, 1.82) is 0 Å². The van der Waals surface area contributed by atoms with Crippen LogP contribution in [0.5, 0.6) is 0 Å². The van der Waals surface area contributed by atoms with E-state index in [0.717, 1.165) is 5.71 Å². The molecule has 0 amide bonds. The van der Waals surface area contributed by atoms with Crippen molar-refractivity contribution in [3.63, 3.8) is 0 Å². The van der Waals surface area contributed by atoms with E-state index in [4.69, 9.17) is 4.99 Å². The lowest BCUT2D eigenvalue weighted by Crippen LogP contribution is -2.11. The van der Waals surface area contributed by atoms with E-state index in [-0.39, 0.29) is 5.41 Å². The van der Waals surface area contributed by atoms with Crippen molar-refractivity contribution in [2.45, 2.75) is 39.8 Å². The highest BCUT2D eigenvalue weighted by Crippen LogP contribution is 2.43. The molecule has 0 N–H and O–H groups in total. The Morgan fingerprint density at radius 3 is 2.41 bits per heavy atom. The maximum atomic E-state index is 4.95. The van der Waals surface area contributed by atoms with Gasteiger partial charge in [0.2, 0.25) is 0 Å². The van der Waals surface area contributed by atoms with Gasteiger partial charge in [0, 0.05) is 21.9 Å². The van der Waals surface area contributed by atoms with Gasteiger partial charge in [0.1, 0.15) is 6.67 Å². The summed E-state index contributed by atoms with van der Waals surface area (Å²) in [5, 5.41) is 2.62. The number of nitrogens with zero attached hydrogens (tertiary/aromatic N) is 2. The minimum Gasteiger partial charge on any atom is -0.320 e. The topological polar surface area (TPSA) is 17.3 Å². The molecule has 5 rings (SSSR count). The summed E-state index contributed by atoms with van der Waals surface area (Å²) < 4.78 is 2.36. The highest BCUT2D eigenvalue weighted by molar-refractivity contribution is 6.09. The molecule has 0 bridgehead atoms. The van der Waals surface area contributed by atoms with Crippen LogP contribution in [0.3, 0.4) is 0 Å². The summed E-state index contributed by atoms with van der Waals surface area (Å²) in [6.07, 6.45) is 2.39. The normalized spacial score (nSPS) is 15.7. The highest BCUT2D eigenvalue weighted by atomic mass is 15.1. The first-order chi connectivity index (χ1) is 14.0. The van der Waals surface area contributed by atoms with Crippen LogP contribution in [-0.2, 0) is 12.1 Å². The van der Waals surface area contributed by atoms with Crippen molar-refractivity contribution in [3.8, 4) is 0 Å². The standard InChI is InChI=1S/C27H26N2/c1-18-16-27(3,4)24-15-26-23(14-22(18)24)21-12-8-9-13-25(21)29(26)17-28-19(2)20-10-6-5-7-11-20/h5-16H,17H2,1-4H3/b28-19+. The lowest BCUT2D eigenvalue weighted by molar-refractivity contribution is 0.683. The molecule has 0 saturated heterocycles. The Bertz CT molecular complexity index is 1300. The third kappa shape index (κ3) is 2.82. The number of fused-ring (bicyclic) bond motifs is 4. The van der Waals surface area contributed by atoms with E-state index in [1.54, 1.807) is 0 Å². The lowest BCUT2D eigenvalue weighted by Gasteiger charge is -2.18. The van der Waals surface area contributed by atoms with Crippen molar-refractivity contribution in [2.75, 3.05) is 0 Å². The summed E-state index contributed by atoms with van der Waals surface area (Å²) in [5.41, 5.74) is 9.00. The molecule has 2 heteroatoms. The number of hydrogen-bond donors (Lipinski definition) is 0. The molecule has 2 nitrogen and oxygen atoms in total. The number of hydrogen-bond acceptors (Lipinski definition) is 1. The van der Waals surface area contributed by atoms with Crippen LogP contribution in [0.15, 0.2) is 77.8 Å². The fraction of sp³-hybridized carbons (Fsp3) is 0.222. The van der Waals surface area contributed by atoms with Crippen LogP contribution in [0.4, 0.5) is 0 Å². The minimum absolute atomic E-state index is 0.0676. The largest absolute Gasteiger partial charge is 0.320 e. The first-order valence-corrected chi connectivity index (χ1v) is 10.3. The predicted molar refractivity (Wildman–Crippen MR) is 125 cm³/mol. The average Bonchev–Trinajstić information content (AvgIpc) is 3.16. The Morgan fingerprint density at radius 1 is 0.897 bits per heavy atom. The van der Waals surface area contributed by atoms with Gasteiger partial charge in [0.15, 0.2) is 0 Å². The highest BCUT2D eigenvalue weighted by Gasteiger charge is 2.29. The van der Waals surface area contributed by atoms with Crippen molar-refractivity contribution in [3.05, 3.63) is 89.5 Å². The van der Waals surface area contributed by atoms with Gasteiger partial charge in [-0.25, -0.2) is 0 Å². The molecular weight excluding hydrogens is 352 g/mol. The number of aliphatic imine (C=N–C) groups is 1. The second-order valence-electron chi connectivity index (χ2n) is 8.66. The molecule has 0 spiro atoms. The zero-order valence-electron chi connectivity index (χ0n) is 17.5. The van der Waals surface area contributed by atoms with Gasteiger partial charge in [-0.3, -0.25) is 4.99 Å². The SMILES string of the molecule is CC1=CC(C)(C)c2cc3c(cc21)c1ccccc1n3C/N=C(\C)c1ccccc1. The quantitative estimate of drug-likeness (QED) is 0.343. The molecule has 29 heavy (non-hydrogen) atoms. The van der Waals surface area contributed by atoms with Gasteiger partial charge in [0.05, 0.1) is 11.0 Å². The fourth-order valence-corrected chi connectivity index (χ4v) is 4.75. The minimum atomic E-state index is 0.0676. The lowest BCUT2D eigenvalue weighted by atomic mass is 9.86. The van der Waals surface area contributed by atoms with Gasteiger partial charge in [-0.15, -0.1) is 0 Å². The Morgan fingerprint density at radius 2 is 1.62 bits per heavy atom. The smallest absolute Gasteiger partial charge is 0.115 e. The van der Waals surface area contributed by atoms with Crippen LogP contribution < -0.4 is 0 Å². The van der Waals surface area contributed by atoms with Crippen LogP contribution in [-0.4, -0.2) is 10.3 Å². The van der Waals surface area contributed by atoms with Crippen LogP contribution >= 0.6 is 0 Å². The summed E-state index contributed by atoms with van der Waals surface area (Å²) in [4.78, 5) is 4.95. The van der Waals surface area contributed by atoms with Gasteiger partial charge >= 0.3 is 0 Å². The van der Waals surface area contributed by atoms with Gasteiger partial charge < -0.3 is 4.57 Å². The van der Waals surface area contributed by atoms with Crippen LogP contribution in [0.25, 0.3) is 27.4 Å². The maximum absolute atomic E-state index is 4.95. The zero-order valence-corrected chi connectivity index (χ0v) is 17.5. The van der Waals surface area contributed by atoms with E-state index in [9.17, 15) is 0 Å². The number of rotatable bonds is 3. The summed E-state index contributed by atoms with van der Waals surface area (Å²) in [7, 11) is 0. The van der Waals surface area contributed by atoms with E-state index in [2.05, 4.69) is 99.0 Å². The van der Waals surface area contributed by atoms with Crippen molar-refractivity contribution < 1.29 is 0 Å². The third-order valence-electron chi connectivity index (χ3n) is 6.25. The predicted octanol–water partition coefficient (Wildman–Crippen LogP) is 6.96. The molecule has 1 aliphatic carbocycles. The molecule has 1 aromatic heterocycles. The Labute approximate surface area is 172 Å². The second kappa shape index (κ2) is 6.45. The van der Waals surface area contributed by atoms with Crippen LogP contribution in [0.1, 0.15) is 44.4 Å². The molecule has 0 atom stereocenters. The van der Waals surface area contributed by atoms with Gasteiger partial charge in [-0.05, 0) is 54.3 Å². The number of allylic oxidation sites excluding steroid dienone is 2. The van der Waals surface area contributed by atoms with Gasteiger partial charge in [-0.1, -0.05) is 68.5 Å². The van der Waals surface area contributed by atoms with Crippen LogP contribution in [0, 0.1) is 0 Å². The van der Waals surface area contributed by atoms with Gasteiger partial charge in [0.25, 0.3) is 0 Å². The van der Waals surface area contributed by atoms with E-state index >= 15 is 0 Å². The van der Waals surface area contributed by atoms with E-state index in [1.165, 1.54) is 44.1 Å². The second-order valence-corrected chi connectivity index (χ2v) is 8.66. The Balaban J connectivity index is 1.71. The first-order valence-electron chi connectivity index (χ1n) is 10.3. The molecular formula is C27H26N2. The summed E-state index contributed by atoms with van der Waals surface area (Å²) in [5.74, 6) is 0. The number of benzene rings is 3. The molecule has 1 heterocycles. The molecule has 0 saturated carbocycles. The van der Waals surface area contributed by atoms with E-state index in [1.807, 2.05) is 6.07 Å². The molecule has 0 aliphatic heterocycles. The molecule has 3 aromatic carbocycles. The molecule has 0 radical (unpaired) electrons. The monoisotopic (exact) mass is 378 g/mol. The number of para-hydroxylation sites is 1. The van der Waals surface area contributed by atoms with Gasteiger partial charge in [-0.2, -0.15) is 0 Å². The molecule has 0 fully saturated rings. The van der Waals surface area contributed by atoms with Crippen molar-refractivity contribution in [1.82, 2.24) is 4.57 Å². The molecule has 0 unspecified atom stereocenters. The van der Waals surface area contributed by atoms with Crippen LogP contribution in [0.2, 0.25) is 0 Å². The first kappa shape index (κ1) is 17.9. The summed E-state index contributed by atoms with van der Waals surface area (Å²) >= 11 is 0. The summed E-state index contributed by atoms with van der Waals surface area (Å²) in [6, 6.07) is 23.9. The molecule has 4 aromatic rings. The maximum Gasteiger partial charge on any atom is 0.115 e. The Kier molecular flexibility index (Phi) is 3.99. The van der Waals surface area contributed by atoms with E-state index in [0.29, 0.717) is 6.67 Å². The molecule has 144 valence electrons. The number of aromatic nitrogens is 1. The summed E-state index contributed by atoms with van der Waals surface area (Å²) in [6.45, 7) is 9.55. The average molecular weight is 379 g/mol. The fourth-order valence-electron chi connectivity index (χ4n) is 4.75. The molecule has 1 aliphatic rings. The third-order valence-corrected chi connectivity index (χ3v) is 6.25. The Hall–Kier alpha value is -3.13. The van der Waals surface area contributed by atoms with Crippen molar-refractivity contribution in [2.24, 2.45) is 4.99 Å².